The summed E-state index contributed by atoms with van der Waals surface area (Å²) in [6, 6.07) is 17.1. The minimum absolute atomic E-state index is 0. The highest BCUT2D eigenvalue weighted by molar-refractivity contribution is 7.92. The molecular weight excluding hydrogens is 557 g/mol. The Bertz CT molecular complexity index is 1500. The predicted molar refractivity (Wildman–Crippen MR) is 163 cm³/mol. The molecule has 4 N–H and O–H groups in total. The summed E-state index contributed by atoms with van der Waals surface area (Å²) in [4.78, 5) is 2.08. The molecule has 5 rings (SSSR count). The first kappa shape index (κ1) is 30.5. The van der Waals surface area contributed by atoms with E-state index in [2.05, 4.69) is 4.90 Å². The van der Waals surface area contributed by atoms with Crippen molar-refractivity contribution in [3.8, 4) is 5.75 Å². The van der Waals surface area contributed by atoms with Gasteiger partial charge in [0.15, 0.2) is 0 Å². The van der Waals surface area contributed by atoms with E-state index >= 15 is 0 Å². The number of hydrogen-bond acceptors (Lipinski definition) is 5. The molecule has 0 bridgehead atoms. The third-order valence-corrected chi connectivity index (χ3v) is 9.24. The van der Waals surface area contributed by atoms with Crippen LogP contribution in [0.5, 0.6) is 5.75 Å². The molecule has 1 fully saturated rings. The lowest BCUT2D eigenvalue weighted by Gasteiger charge is -2.27. The summed E-state index contributed by atoms with van der Waals surface area (Å²) in [5.74, 6) is 1.28. The van der Waals surface area contributed by atoms with Crippen molar-refractivity contribution in [1.82, 2.24) is 4.90 Å². The molecule has 0 saturated carbocycles. The van der Waals surface area contributed by atoms with Crippen LogP contribution in [0.15, 0.2) is 54.6 Å². The highest BCUT2D eigenvalue weighted by atomic mass is 35.5. The monoisotopic (exact) mass is 591 g/mol. The molecule has 2 aliphatic rings. The van der Waals surface area contributed by atoms with E-state index in [-0.39, 0.29) is 48.5 Å². The molecular formula is C28H35Cl2N5O3S. The number of nitrogens with zero attached hydrogens (tertiary/aromatic N) is 2. The molecule has 8 nitrogen and oxygen atoms in total. The lowest BCUT2D eigenvalue weighted by molar-refractivity contribution is 0.226. The molecule has 2 heterocycles. The molecule has 0 radical (unpaired) electrons. The van der Waals surface area contributed by atoms with E-state index < -0.39 is 10.0 Å². The number of sulfonamides is 1. The molecule has 0 aromatic heterocycles. The maximum absolute atomic E-state index is 13.3. The van der Waals surface area contributed by atoms with Crippen LogP contribution in [0.3, 0.4) is 0 Å². The summed E-state index contributed by atoms with van der Waals surface area (Å²) in [6.45, 7) is 4.86. The van der Waals surface area contributed by atoms with Crippen LogP contribution in [0.25, 0.3) is 10.8 Å². The van der Waals surface area contributed by atoms with Gasteiger partial charge in [0.25, 0.3) is 0 Å². The predicted octanol–water partition coefficient (Wildman–Crippen LogP) is 5.26. The van der Waals surface area contributed by atoms with Crippen molar-refractivity contribution in [2.75, 3.05) is 23.2 Å². The van der Waals surface area contributed by atoms with Crippen molar-refractivity contribution in [3.05, 3.63) is 71.3 Å². The number of ether oxygens (including phenoxy) is 1. The molecule has 2 atom stereocenters. The number of hydrogen-bond donors (Lipinski definition) is 3. The lowest BCUT2D eigenvalue weighted by atomic mass is 9.98. The van der Waals surface area contributed by atoms with Crippen LogP contribution < -0.4 is 14.8 Å². The van der Waals surface area contributed by atoms with Crippen molar-refractivity contribution >= 4 is 63.0 Å². The summed E-state index contributed by atoms with van der Waals surface area (Å²) in [5.41, 5.74) is 8.85. The molecule has 0 aliphatic carbocycles. The topological polar surface area (TPSA) is 124 Å². The Morgan fingerprint density at radius 2 is 1.79 bits per heavy atom. The molecule has 210 valence electrons. The minimum atomic E-state index is -3.53. The summed E-state index contributed by atoms with van der Waals surface area (Å²) in [6.07, 6.45) is 2.59. The number of nitrogen functional groups attached to an aromatic ring is 1. The zero-order valence-corrected chi connectivity index (χ0v) is 24.5. The van der Waals surface area contributed by atoms with E-state index in [1.807, 2.05) is 61.5 Å². The van der Waals surface area contributed by atoms with E-state index in [1.165, 1.54) is 0 Å². The summed E-state index contributed by atoms with van der Waals surface area (Å²) in [5, 5.41) is 17.7. The average Bonchev–Trinajstić information content (AvgIpc) is 3.51. The maximum Gasteiger partial charge on any atom is 0.235 e. The van der Waals surface area contributed by atoms with Gasteiger partial charge < -0.3 is 15.4 Å². The van der Waals surface area contributed by atoms with E-state index in [1.54, 1.807) is 11.2 Å². The van der Waals surface area contributed by atoms with Crippen molar-refractivity contribution < 1.29 is 13.2 Å². The molecule has 3 aromatic carbocycles. The normalized spacial score (nSPS) is 18.3. The van der Waals surface area contributed by atoms with Crippen molar-refractivity contribution in [3.63, 3.8) is 0 Å². The molecule has 11 heteroatoms. The number of anilines is 1. The number of likely N-dealkylation sites (tertiary alicyclic amines) is 1. The van der Waals surface area contributed by atoms with Gasteiger partial charge in [0.2, 0.25) is 10.0 Å². The van der Waals surface area contributed by atoms with Crippen molar-refractivity contribution in [2.45, 2.75) is 45.2 Å². The van der Waals surface area contributed by atoms with Crippen LogP contribution in [0.2, 0.25) is 0 Å². The fourth-order valence-corrected chi connectivity index (χ4v) is 6.85. The largest absolute Gasteiger partial charge is 0.491 e. The van der Waals surface area contributed by atoms with Gasteiger partial charge in [-0.3, -0.25) is 15.1 Å². The van der Waals surface area contributed by atoms with Crippen molar-refractivity contribution in [1.29, 1.82) is 10.8 Å². The summed E-state index contributed by atoms with van der Waals surface area (Å²) in [7, 11) is -3.53. The van der Waals surface area contributed by atoms with Crippen LogP contribution in [0, 0.1) is 10.8 Å². The smallest absolute Gasteiger partial charge is 0.235 e. The lowest BCUT2D eigenvalue weighted by Crippen LogP contribution is -2.37. The molecule has 3 aromatic rings. The Kier molecular flexibility index (Phi) is 9.41. The Morgan fingerprint density at radius 3 is 2.49 bits per heavy atom. The number of amidine groups is 2. The first-order chi connectivity index (χ1) is 17.7. The minimum Gasteiger partial charge on any atom is -0.491 e. The molecule has 0 spiro atoms. The third-order valence-electron chi connectivity index (χ3n) is 7.46. The van der Waals surface area contributed by atoms with Gasteiger partial charge in [-0.2, -0.15) is 0 Å². The fourth-order valence-electron chi connectivity index (χ4n) is 5.51. The second-order valence-corrected chi connectivity index (χ2v) is 12.0. The summed E-state index contributed by atoms with van der Waals surface area (Å²) < 4.78 is 34.2. The Balaban J connectivity index is 0.00000210. The van der Waals surface area contributed by atoms with Gasteiger partial charge in [-0.1, -0.05) is 24.3 Å². The highest BCUT2D eigenvalue weighted by Gasteiger charge is 2.38. The number of rotatable bonds is 7. The molecule has 1 saturated heterocycles. The number of halogens is 2. The van der Waals surface area contributed by atoms with Gasteiger partial charge in [0.1, 0.15) is 18.2 Å². The van der Waals surface area contributed by atoms with Gasteiger partial charge in [-0.25, -0.2) is 8.42 Å². The van der Waals surface area contributed by atoms with E-state index in [0.29, 0.717) is 35.9 Å². The second-order valence-electron chi connectivity index (χ2n) is 9.83. The Morgan fingerprint density at radius 1 is 1.05 bits per heavy atom. The molecule has 2 aliphatic heterocycles. The number of nitrogens with one attached hydrogen (secondary N) is 2. The van der Waals surface area contributed by atoms with Crippen molar-refractivity contribution in [2.24, 2.45) is 5.73 Å². The zero-order chi connectivity index (χ0) is 26.3. The van der Waals surface area contributed by atoms with Gasteiger partial charge >= 0.3 is 0 Å². The molecule has 39 heavy (non-hydrogen) atoms. The van der Waals surface area contributed by atoms with E-state index in [9.17, 15) is 8.42 Å². The van der Waals surface area contributed by atoms with E-state index in [4.69, 9.17) is 21.3 Å². The van der Waals surface area contributed by atoms with Gasteiger partial charge in [0.05, 0.1) is 29.4 Å². The highest BCUT2D eigenvalue weighted by Crippen LogP contribution is 2.44. The number of nitrogens with two attached hydrogens (primary N) is 1. The standard InChI is InChI=1S/C28H33N5O3S.2ClH/c1-3-37(34,35)33-26-11-10-25(36-17-24-5-4-12-32(24)18(2)29)15-23(26)16-27(33)20-8-6-19-7-9-21(28(30)31)14-22(19)13-20;;/h6-11,13-15,24,27,29H,3-5,12,16-17H2,1-2H3,(H3,30,31);2*1H/t24-,27?;;/m0../s1. The van der Waals surface area contributed by atoms with Crippen LogP contribution in [0.4, 0.5) is 5.69 Å². The third kappa shape index (κ3) is 5.95. The van der Waals surface area contributed by atoms with Crippen LogP contribution in [0.1, 0.15) is 49.4 Å². The average molecular weight is 593 g/mol. The molecule has 1 unspecified atom stereocenters. The SMILES string of the molecule is CCS(=O)(=O)N1c2ccc(OC[C@@H]3CCCN3C(C)=N)cc2CC1c1ccc2ccc(C(=N)N)cc2c1.Cl.Cl. The van der Waals surface area contributed by atoms with Crippen LogP contribution >= 0.6 is 24.8 Å². The van der Waals surface area contributed by atoms with Gasteiger partial charge in [-0.05, 0) is 78.9 Å². The Labute approximate surface area is 242 Å². The first-order valence-corrected chi connectivity index (χ1v) is 14.3. The quantitative estimate of drug-likeness (QED) is 0.255. The maximum atomic E-state index is 13.3. The number of benzene rings is 3. The molecule has 0 amide bonds. The second kappa shape index (κ2) is 12.0. The first-order valence-electron chi connectivity index (χ1n) is 12.7. The van der Waals surface area contributed by atoms with Gasteiger partial charge in [-0.15, -0.1) is 24.8 Å². The Hall–Kier alpha value is -3.01. The van der Waals surface area contributed by atoms with Gasteiger partial charge in [0, 0.05) is 18.5 Å². The zero-order valence-electron chi connectivity index (χ0n) is 22.0. The summed E-state index contributed by atoms with van der Waals surface area (Å²) >= 11 is 0. The van der Waals surface area contributed by atoms with E-state index in [0.717, 1.165) is 41.3 Å². The van der Waals surface area contributed by atoms with Crippen LogP contribution in [-0.4, -0.2) is 49.9 Å². The fraction of sp³-hybridized carbons (Fsp3) is 0.357. The van der Waals surface area contributed by atoms with Crippen LogP contribution in [-0.2, 0) is 16.4 Å². The number of fused-ring (bicyclic) bond motifs is 2.